The standard InChI is InChI=1S/C22H27N3O4S/c1-28-19-8-5-17(13-20(19)29-2)15-23-22(27)24-18-6-3-16(4-7-18)14-21(26)25-9-11-30-12-10-25/h3-8,13H,9-12,14-15H2,1-2H3,(H2,23,24,27). The average Bonchev–Trinajstić information content (AvgIpc) is 2.79. The van der Waals surface area contributed by atoms with Gasteiger partial charge in [0.2, 0.25) is 5.91 Å². The smallest absolute Gasteiger partial charge is 0.319 e. The van der Waals surface area contributed by atoms with Crippen LogP contribution in [0, 0.1) is 0 Å². The first-order valence-electron chi connectivity index (χ1n) is 9.79. The van der Waals surface area contributed by atoms with E-state index in [9.17, 15) is 9.59 Å². The van der Waals surface area contributed by atoms with Crippen molar-refractivity contribution in [3.63, 3.8) is 0 Å². The van der Waals surface area contributed by atoms with Gasteiger partial charge in [-0.3, -0.25) is 4.79 Å². The second kappa shape index (κ2) is 10.8. The molecule has 1 heterocycles. The molecule has 2 N–H and O–H groups in total. The highest BCUT2D eigenvalue weighted by Crippen LogP contribution is 2.27. The van der Waals surface area contributed by atoms with Crippen molar-refractivity contribution >= 4 is 29.4 Å². The van der Waals surface area contributed by atoms with E-state index >= 15 is 0 Å². The molecule has 0 spiro atoms. The third-order valence-corrected chi connectivity index (χ3v) is 5.77. The van der Waals surface area contributed by atoms with Gasteiger partial charge in [0.25, 0.3) is 0 Å². The van der Waals surface area contributed by atoms with Gasteiger partial charge >= 0.3 is 6.03 Å². The summed E-state index contributed by atoms with van der Waals surface area (Å²) in [7, 11) is 3.15. The van der Waals surface area contributed by atoms with Crippen molar-refractivity contribution in [2.75, 3.05) is 44.1 Å². The number of ether oxygens (including phenoxy) is 2. The third kappa shape index (κ3) is 6.06. The van der Waals surface area contributed by atoms with Gasteiger partial charge in [0.15, 0.2) is 11.5 Å². The van der Waals surface area contributed by atoms with Crippen molar-refractivity contribution < 1.29 is 19.1 Å². The van der Waals surface area contributed by atoms with Crippen molar-refractivity contribution in [2.24, 2.45) is 0 Å². The first-order valence-corrected chi connectivity index (χ1v) is 10.9. The highest BCUT2D eigenvalue weighted by Gasteiger charge is 2.16. The van der Waals surface area contributed by atoms with E-state index in [4.69, 9.17) is 9.47 Å². The van der Waals surface area contributed by atoms with Gasteiger partial charge < -0.3 is 25.0 Å². The van der Waals surface area contributed by atoms with Crippen LogP contribution in [0.4, 0.5) is 10.5 Å². The van der Waals surface area contributed by atoms with Crippen molar-refractivity contribution in [3.8, 4) is 11.5 Å². The molecular weight excluding hydrogens is 402 g/mol. The van der Waals surface area contributed by atoms with E-state index < -0.39 is 0 Å². The number of carbonyl (C=O) groups excluding carboxylic acids is 2. The van der Waals surface area contributed by atoms with Crippen molar-refractivity contribution in [3.05, 3.63) is 53.6 Å². The fourth-order valence-corrected chi connectivity index (χ4v) is 4.06. The zero-order valence-corrected chi connectivity index (χ0v) is 18.1. The van der Waals surface area contributed by atoms with Crippen LogP contribution in [0.15, 0.2) is 42.5 Å². The highest BCUT2D eigenvalue weighted by molar-refractivity contribution is 7.99. The molecule has 2 aromatic carbocycles. The SMILES string of the molecule is COc1ccc(CNC(=O)Nc2ccc(CC(=O)N3CCSCC3)cc2)cc1OC. The van der Waals surface area contributed by atoms with Crippen LogP contribution < -0.4 is 20.1 Å². The number of carbonyl (C=O) groups is 2. The van der Waals surface area contributed by atoms with Gasteiger partial charge in [-0.25, -0.2) is 4.79 Å². The van der Waals surface area contributed by atoms with Gasteiger partial charge in [-0.2, -0.15) is 11.8 Å². The largest absolute Gasteiger partial charge is 0.493 e. The summed E-state index contributed by atoms with van der Waals surface area (Å²) in [5.74, 6) is 3.43. The second-order valence-corrected chi connectivity index (χ2v) is 8.09. The number of hydrogen-bond acceptors (Lipinski definition) is 5. The number of nitrogens with one attached hydrogen (secondary N) is 2. The quantitative estimate of drug-likeness (QED) is 0.707. The monoisotopic (exact) mass is 429 g/mol. The molecule has 0 aromatic heterocycles. The Kier molecular flexibility index (Phi) is 7.84. The van der Waals surface area contributed by atoms with E-state index in [1.54, 1.807) is 20.3 Å². The molecule has 3 rings (SSSR count). The molecule has 2 aromatic rings. The highest BCUT2D eigenvalue weighted by atomic mass is 32.2. The normalized spacial score (nSPS) is 13.5. The summed E-state index contributed by atoms with van der Waals surface area (Å²) in [6.45, 7) is 2.00. The Bertz CT molecular complexity index is 867. The molecule has 0 unspecified atom stereocenters. The zero-order chi connectivity index (χ0) is 21.3. The van der Waals surface area contributed by atoms with Crippen LogP contribution in [0.2, 0.25) is 0 Å². The molecule has 1 aliphatic rings. The van der Waals surface area contributed by atoms with Crippen LogP contribution in [0.5, 0.6) is 11.5 Å². The van der Waals surface area contributed by atoms with E-state index in [0.29, 0.717) is 30.2 Å². The fourth-order valence-electron chi connectivity index (χ4n) is 3.15. The molecule has 0 aliphatic carbocycles. The Labute approximate surface area is 181 Å². The lowest BCUT2D eigenvalue weighted by Gasteiger charge is -2.26. The molecule has 7 nitrogen and oxygen atoms in total. The lowest BCUT2D eigenvalue weighted by atomic mass is 10.1. The van der Waals surface area contributed by atoms with Crippen molar-refractivity contribution in [1.82, 2.24) is 10.2 Å². The lowest BCUT2D eigenvalue weighted by Crippen LogP contribution is -2.38. The number of benzene rings is 2. The molecular formula is C22H27N3O4S. The number of hydrogen-bond donors (Lipinski definition) is 2. The summed E-state index contributed by atoms with van der Waals surface area (Å²) in [5, 5.41) is 5.62. The zero-order valence-electron chi connectivity index (χ0n) is 17.3. The van der Waals surface area contributed by atoms with Crippen LogP contribution in [0.1, 0.15) is 11.1 Å². The predicted octanol–water partition coefficient (Wildman–Crippen LogP) is 3.14. The van der Waals surface area contributed by atoms with E-state index in [0.717, 1.165) is 35.7 Å². The summed E-state index contributed by atoms with van der Waals surface area (Å²) in [6.07, 6.45) is 0.385. The topological polar surface area (TPSA) is 79.9 Å². The summed E-state index contributed by atoms with van der Waals surface area (Å²) in [6, 6.07) is 12.6. The van der Waals surface area contributed by atoms with Crippen LogP contribution in [0.25, 0.3) is 0 Å². The molecule has 1 saturated heterocycles. The van der Waals surface area contributed by atoms with Crippen LogP contribution >= 0.6 is 11.8 Å². The third-order valence-electron chi connectivity index (χ3n) is 4.83. The average molecular weight is 430 g/mol. The fraction of sp³-hybridized carbons (Fsp3) is 0.364. The number of amides is 3. The minimum Gasteiger partial charge on any atom is -0.493 e. The van der Waals surface area contributed by atoms with Crippen LogP contribution in [-0.2, 0) is 17.8 Å². The molecule has 30 heavy (non-hydrogen) atoms. The Morgan fingerprint density at radius 3 is 2.30 bits per heavy atom. The molecule has 0 radical (unpaired) electrons. The number of urea groups is 1. The molecule has 1 fully saturated rings. The Morgan fingerprint density at radius 2 is 1.63 bits per heavy atom. The van der Waals surface area contributed by atoms with Crippen LogP contribution in [-0.4, -0.2) is 55.7 Å². The molecule has 1 aliphatic heterocycles. The molecule has 0 atom stereocenters. The number of thioether (sulfide) groups is 1. The van der Waals surface area contributed by atoms with Gasteiger partial charge in [-0.1, -0.05) is 18.2 Å². The van der Waals surface area contributed by atoms with Gasteiger partial charge in [0.05, 0.1) is 20.6 Å². The summed E-state index contributed by atoms with van der Waals surface area (Å²) in [5.41, 5.74) is 2.51. The van der Waals surface area contributed by atoms with Gasteiger partial charge in [-0.05, 0) is 35.4 Å². The number of nitrogens with zero attached hydrogens (tertiary/aromatic N) is 1. The number of anilines is 1. The summed E-state index contributed by atoms with van der Waals surface area (Å²) < 4.78 is 10.5. The maximum atomic E-state index is 12.4. The second-order valence-electron chi connectivity index (χ2n) is 6.86. The van der Waals surface area contributed by atoms with E-state index in [1.807, 2.05) is 53.1 Å². The van der Waals surface area contributed by atoms with E-state index in [-0.39, 0.29) is 11.9 Å². The summed E-state index contributed by atoms with van der Waals surface area (Å²) >= 11 is 1.88. The molecule has 3 amide bonds. The molecule has 8 heteroatoms. The van der Waals surface area contributed by atoms with Crippen molar-refractivity contribution in [2.45, 2.75) is 13.0 Å². The molecule has 0 bridgehead atoms. The minimum atomic E-state index is -0.306. The maximum Gasteiger partial charge on any atom is 0.319 e. The van der Waals surface area contributed by atoms with E-state index in [1.165, 1.54) is 0 Å². The lowest BCUT2D eigenvalue weighted by molar-refractivity contribution is -0.130. The molecule has 160 valence electrons. The van der Waals surface area contributed by atoms with E-state index in [2.05, 4.69) is 10.6 Å². The maximum absolute atomic E-state index is 12.4. The van der Waals surface area contributed by atoms with Gasteiger partial charge in [0, 0.05) is 36.8 Å². The van der Waals surface area contributed by atoms with Gasteiger partial charge in [0.1, 0.15) is 0 Å². The van der Waals surface area contributed by atoms with Gasteiger partial charge in [-0.15, -0.1) is 0 Å². The van der Waals surface area contributed by atoms with Crippen molar-refractivity contribution in [1.29, 1.82) is 0 Å². The first kappa shape index (κ1) is 21.8. The Morgan fingerprint density at radius 1 is 0.967 bits per heavy atom. The Balaban J connectivity index is 1.48. The number of methoxy groups -OCH3 is 2. The predicted molar refractivity (Wildman–Crippen MR) is 119 cm³/mol. The minimum absolute atomic E-state index is 0.156. The Hall–Kier alpha value is -2.87. The van der Waals surface area contributed by atoms with Crippen LogP contribution in [0.3, 0.4) is 0 Å². The summed E-state index contributed by atoms with van der Waals surface area (Å²) in [4.78, 5) is 26.5. The molecule has 0 saturated carbocycles. The first-order chi connectivity index (χ1) is 14.6. The number of rotatable bonds is 7.